The molecule has 0 aliphatic heterocycles. The third-order valence-electron chi connectivity index (χ3n) is 10.8. The maximum absolute atomic E-state index is 11.4. The lowest BCUT2D eigenvalue weighted by molar-refractivity contribution is 0.0900. The van der Waals surface area contributed by atoms with Crippen LogP contribution in [0.15, 0.2) is 23.6 Å². The first-order valence-electron chi connectivity index (χ1n) is 18.1. The second kappa shape index (κ2) is 18.1. The molecular formula is C39H70O4Si3. The van der Waals surface area contributed by atoms with Gasteiger partial charge in [-0.25, -0.2) is 0 Å². The number of aliphatic hydroxyl groups excluding tert-OH is 1. The standard InChI is InChI=1S/C39H70O4Si3/c1-27(2)44(28(3)4,29(5)6)41-37-24-21-22-26-39(43-46(33(13)14,34(15)16)35(17)18)38(25-20-19-23-36(37)40)42-45(30(7)8,31(9)10)32(11)12/h23,25,27-40H,1-18H3/t36-,37-,38-,39-/m0/s1. The summed E-state index contributed by atoms with van der Waals surface area (Å²) in [5, 5.41) is 11.4. The number of rotatable bonds is 15. The van der Waals surface area contributed by atoms with Crippen LogP contribution in [0.2, 0.25) is 49.9 Å². The van der Waals surface area contributed by atoms with E-state index >= 15 is 0 Å². The van der Waals surface area contributed by atoms with E-state index < -0.39 is 49.4 Å². The molecule has 0 heterocycles. The summed E-state index contributed by atoms with van der Waals surface area (Å²) in [6.45, 7) is 41.1. The van der Waals surface area contributed by atoms with E-state index in [0.29, 0.717) is 49.9 Å². The van der Waals surface area contributed by atoms with Crippen molar-refractivity contribution in [1.29, 1.82) is 0 Å². The molecule has 0 saturated carbocycles. The highest BCUT2D eigenvalue weighted by Crippen LogP contribution is 2.47. The van der Waals surface area contributed by atoms with E-state index in [0.717, 1.165) is 0 Å². The highest BCUT2D eigenvalue weighted by Gasteiger charge is 2.51. The summed E-state index contributed by atoms with van der Waals surface area (Å²) in [5.74, 6) is 13.0. The van der Waals surface area contributed by atoms with Gasteiger partial charge in [0.2, 0.25) is 25.0 Å². The van der Waals surface area contributed by atoms with Crippen LogP contribution in [-0.2, 0) is 13.3 Å². The molecule has 46 heavy (non-hydrogen) atoms. The van der Waals surface area contributed by atoms with Gasteiger partial charge in [-0.2, -0.15) is 0 Å². The molecule has 0 radical (unpaired) electrons. The normalized spacial score (nSPS) is 21.6. The van der Waals surface area contributed by atoms with Crippen molar-refractivity contribution >= 4 is 25.0 Å². The fourth-order valence-electron chi connectivity index (χ4n) is 9.01. The third kappa shape index (κ3) is 9.32. The molecule has 0 saturated heterocycles. The van der Waals surface area contributed by atoms with Gasteiger partial charge in [0.05, 0.1) is 0 Å². The Balaban J connectivity index is 4.04. The fourth-order valence-corrected chi connectivity index (χ4v) is 25.4. The topological polar surface area (TPSA) is 47.9 Å². The molecule has 0 amide bonds. The Bertz CT molecular complexity index is 1110. The fraction of sp³-hybridized carbons (Fsp3) is 0.795. The van der Waals surface area contributed by atoms with Crippen molar-refractivity contribution in [3.8, 4) is 23.7 Å². The molecule has 0 bridgehead atoms. The van der Waals surface area contributed by atoms with Crippen LogP contribution in [-0.4, -0.2) is 54.5 Å². The van der Waals surface area contributed by atoms with Gasteiger partial charge in [-0.1, -0.05) is 148 Å². The van der Waals surface area contributed by atoms with Crippen LogP contribution in [0.25, 0.3) is 0 Å². The average Bonchev–Trinajstić information content (AvgIpc) is 2.91. The molecule has 7 heteroatoms. The summed E-state index contributed by atoms with van der Waals surface area (Å²) < 4.78 is 21.7. The molecule has 4 atom stereocenters. The zero-order valence-electron chi connectivity index (χ0n) is 32.8. The Morgan fingerprint density at radius 1 is 0.435 bits per heavy atom. The van der Waals surface area contributed by atoms with Crippen LogP contribution >= 0.6 is 0 Å². The highest BCUT2D eigenvalue weighted by atomic mass is 28.4. The Morgan fingerprint density at radius 2 is 0.717 bits per heavy atom. The minimum absolute atomic E-state index is 0.359. The van der Waals surface area contributed by atoms with Gasteiger partial charge >= 0.3 is 0 Å². The van der Waals surface area contributed by atoms with E-state index in [2.05, 4.69) is 160 Å². The lowest BCUT2D eigenvalue weighted by Crippen LogP contribution is -2.56. The molecule has 1 aliphatic carbocycles. The molecule has 1 rings (SSSR count). The van der Waals surface area contributed by atoms with Gasteiger partial charge in [-0.05, 0) is 73.9 Å². The number of aliphatic hydroxyl groups is 1. The first kappa shape index (κ1) is 42.9. The first-order chi connectivity index (χ1) is 21.2. The monoisotopic (exact) mass is 686 g/mol. The van der Waals surface area contributed by atoms with Gasteiger partial charge in [0.15, 0.2) is 0 Å². The second-order valence-electron chi connectivity index (χ2n) is 16.3. The molecule has 0 unspecified atom stereocenters. The molecule has 0 spiro atoms. The van der Waals surface area contributed by atoms with Gasteiger partial charge in [-0.15, -0.1) is 0 Å². The summed E-state index contributed by atoms with van der Waals surface area (Å²) >= 11 is 0. The van der Waals surface area contributed by atoms with Crippen LogP contribution in [0.4, 0.5) is 0 Å². The van der Waals surface area contributed by atoms with Crippen LogP contribution in [0, 0.1) is 23.7 Å². The molecule has 0 aromatic heterocycles. The highest BCUT2D eigenvalue weighted by molar-refractivity contribution is 6.78. The smallest absolute Gasteiger partial charge is 0.202 e. The van der Waals surface area contributed by atoms with E-state index in [1.54, 1.807) is 6.08 Å². The van der Waals surface area contributed by atoms with Crippen molar-refractivity contribution < 1.29 is 18.4 Å². The molecule has 0 aromatic carbocycles. The van der Waals surface area contributed by atoms with Gasteiger partial charge in [0.1, 0.15) is 24.4 Å². The van der Waals surface area contributed by atoms with Gasteiger partial charge in [0.25, 0.3) is 0 Å². The molecule has 1 aliphatic rings. The summed E-state index contributed by atoms with van der Waals surface area (Å²) in [7, 11) is -7.00. The van der Waals surface area contributed by atoms with Crippen LogP contribution in [0.3, 0.4) is 0 Å². The number of hydrogen-bond acceptors (Lipinski definition) is 4. The van der Waals surface area contributed by atoms with Gasteiger partial charge in [-0.3, -0.25) is 0 Å². The molecule has 262 valence electrons. The Labute approximate surface area is 288 Å². The van der Waals surface area contributed by atoms with Crippen molar-refractivity contribution in [3.05, 3.63) is 23.6 Å². The van der Waals surface area contributed by atoms with Crippen molar-refractivity contribution in [2.24, 2.45) is 0 Å². The number of hydrogen-bond donors (Lipinski definition) is 1. The Kier molecular flexibility index (Phi) is 16.9. The second-order valence-corrected chi connectivity index (χ2v) is 32.5. The predicted octanol–water partition coefficient (Wildman–Crippen LogP) is 10.9. The van der Waals surface area contributed by atoms with Crippen molar-refractivity contribution in [2.45, 2.75) is 199 Å². The van der Waals surface area contributed by atoms with Crippen LogP contribution < -0.4 is 0 Å². The van der Waals surface area contributed by atoms with Crippen molar-refractivity contribution in [1.82, 2.24) is 0 Å². The summed E-state index contributed by atoms with van der Waals surface area (Å²) in [6.07, 6.45) is 0.964. The minimum atomic E-state index is -2.35. The zero-order chi connectivity index (χ0) is 35.8. The Morgan fingerprint density at radius 3 is 1.07 bits per heavy atom. The molecule has 4 nitrogen and oxygen atoms in total. The molecule has 0 aromatic rings. The lowest BCUT2D eigenvalue weighted by Gasteiger charge is -2.48. The van der Waals surface area contributed by atoms with E-state index in [9.17, 15) is 5.11 Å². The zero-order valence-corrected chi connectivity index (χ0v) is 35.8. The first-order valence-corrected chi connectivity index (χ1v) is 24.5. The molecule has 1 N–H and O–H groups in total. The summed E-state index contributed by atoms with van der Waals surface area (Å²) in [6, 6.07) is 0. The van der Waals surface area contributed by atoms with Gasteiger partial charge < -0.3 is 18.4 Å². The SMILES string of the molecule is CC(C)[Si](O[C@H]1C#CC#C[C@H](O[Si](C(C)C)(C(C)C)C(C)C)[C@@H](O)C=C=C=C[C@@H]1O[Si](C(C)C)(C(C)C)C(C)C)(C(C)C)C(C)C. The molecule has 0 fully saturated rings. The van der Waals surface area contributed by atoms with E-state index in [1.807, 2.05) is 6.08 Å². The minimum Gasteiger partial charge on any atom is -0.405 e. The molecular weight excluding hydrogens is 617 g/mol. The maximum atomic E-state index is 11.4. The van der Waals surface area contributed by atoms with E-state index in [-0.39, 0.29) is 0 Å². The predicted molar refractivity (Wildman–Crippen MR) is 205 cm³/mol. The third-order valence-corrected chi connectivity index (χ3v) is 29.1. The maximum Gasteiger partial charge on any atom is 0.202 e. The van der Waals surface area contributed by atoms with E-state index in [1.165, 1.54) is 0 Å². The summed E-state index contributed by atoms with van der Waals surface area (Å²) in [4.78, 5) is 0. The largest absolute Gasteiger partial charge is 0.405 e. The summed E-state index contributed by atoms with van der Waals surface area (Å²) in [5.41, 5.74) is 9.82. The van der Waals surface area contributed by atoms with Crippen LogP contribution in [0.5, 0.6) is 0 Å². The average molecular weight is 687 g/mol. The van der Waals surface area contributed by atoms with Gasteiger partial charge in [0, 0.05) is 0 Å². The van der Waals surface area contributed by atoms with Crippen LogP contribution in [0.1, 0.15) is 125 Å². The lowest BCUT2D eigenvalue weighted by atomic mass is 10.2. The van der Waals surface area contributed by atoms with E-state index in [4.69, 9.17) is 13.3 Å². The van der Waals surface area contributed by atoms with Crippen molar-refractivity contribution in [3.63, 3.8) is 0 Å². The van der Waals surface area contributed by atoms with Crippen molar-refractivity contribution in [2.75, 3.05) is 0 Å². The Hall–Kier alpha value is -1.09. The quantitative estimate of drug-likeness (QED) is 0.106.